The number of nitrogens with zero attached hydrogens (tertiary/aromatic N) is 3. The maximum absolute atomic E-state index is 11.5. The molecule has 0 aromatic heterocycles. The van der Waals surface area contributed by atoms with E-state index in [9.17, 15) is 4.79 Å². The van der Waals surface area contributed by atoms with Gasteiger partial charge in [0.25, 0.3) is 0 Å². The number of allylic oxidation sites excluding steroid dienone is 8. The van der Waals surface area contributed by atoms with Crippen LogP contribution >= 0.6 is 0 Å². The second-order valence-corrected chi connectivity index (χ2v) is 6.17. The van der Waals surface area contributed by atoms with Crippen molar-refractivity contribution in [2.75, 3.05) is 53.2 Å². The fourth-order valence-electron chi connectivity index (χ4n) is 1.94. The van der Waals surface area contributed by atoms with Crippen LogP contribution in [0.3, 0.4) is 0 Å². The van der Waals surface area contributed by atoms with E-state index in [1.165, 1.54) is 18.5 Å². The van der Waals surface area contributed by atoms with E-state index >= 15 is 0 Å². The minimum absolute atomic E-state index is 0.0226. The number of rotatable bonds is 19. The second kappa shape index (κ2) is 23.5. The Morgan fingerprint density at radius 2 is 1.94 bits per heavy atom. The predicted molar refractivity (Wildman–Crippen MR) is 131 cm³/mol. The molecule has 9 nitrogen and oxygen atoms in total. The Labute approximate surface area is 202 Å². The lowest BCUT2D eigenvalue weighted by Crippen LogP contribution is -2.21. The van der Waals surface area contributed by atoms with Crippen LogP contribution in [0.1, 0.15) is 0 Å². The molecule has 1 N–H and O–H groups in total. The SMILES string of the molecule is [C-]#[N+]/C=C/C=C/N(C)CCOCCO/C(C=C)=C/C=C/OCCOC(=O)CN/C=C/C=C/C#N. The summed E-state index contributed by atoms with van der Waals surface area (Å²) in [6.45, 7) is 12.8. The Balaban J connectivity index is 3.84. The van der Waals surface area contributed by atoms with Crippen molar-refractivity contribution < 1.29 is 23.7 Å². The molecule has 0 atom stereocenters. The molecule has 182 valence electrons. The minimum atomic E-state index is -0.414. The fraction of sp³-hybridized carbons (Fsp3) is 0.320. The molecule has 0 aliphatic heterocycles. The summed E-state index contributed by atoms with van der Waals surface area (Å²) in [5.41, 5.74) is 0. The summed E-state index contributed by atoms with van der Waals surface area (Å²) in [5.74, 6) is 0.160. The zero-order valence-electron chi connectivity index (χ0n) is 19.5. The van der Waals surface area contributed by atoms with E-state index in [1.807, 2.05) is 24.2 Å². The molecule has 0 heterocycles. The molecule has 0 aliphatic rings. The van der Waals surface area contributed by atoms with Gasteiger partial charge in [-0.05, 0) is 36.7 Å². The maximum Gasteiger partial charge on any atom is 0.325 e. The number of likely N-dealkylation sites (N-methyl/N-ethyl adjacent to an activating group) is 1. The van der Waals surface area contributed by atoms with E-state index in [-0.39, 0.29) is 19.8 Å². The van der Waals surface area contributed by atoms with E-state index in [4.69, 9.17) is 30.8 Å². The highest BCUT2D eigenvalue weighted by Gasteiger charge is 1.99. The van der Waals surface area contributed by atoms with Gasteiger partial charge in [-0.25, -0.2) is 4.85 Å². The van der Waals surface area contributed by atoms with Gasteiger partial charge in [-0.15, -0.1) is 0 Å². The first-order valence-corrected chi connectivity index (χ1v) is 10.5. The van der Waals surface area contributed by atoms with Gasteiger partial charge in [-0.3, -0.25) is 4.79 Å². The van der Waals surface area contributed by atoms with Crippen molar-refractivity contribution in [3.8, 4) is 6.07 Å². The lowest BCUT2D eigenvalue weighted by Gasteiger charge is -2.13. The highest BCUT2D eigenvalue weighted by Crippen LogP contribution is 1.99. The zero-order valence-corrected chi connectivity index (χ0v) is 19.5. The largest absolute Gasteiger partial charge is 0.498 e. The zero-order chi connectivity index (χ0) is 25.1. The molecule has 0 spiro atoms. The Hall–Kier alpha value is -4.21. The number of hydrogen-bond acceptors (Lipinski definition) is 8. The van der Waals surface area contributed by atoms with Gasteiger partial charge >= 0.3 is 5.97 Å². The van der Waals surface area contributed by atoms with Gasteiger partial charge in [0.05, 0.1) is 32.1 Å². The van der Waals surface area contributed by atoms with E-state index in [0.29, 0.717) is 25.6 Å². The Morgan fingerprint density at radius 1 is 1.12 bits per heavy atom. The molecule has 0 saturated carbocycles. The van der Waals surface area contributed by atoms with E-state index in [1.54, 1.807) is 48.7 Å². The van der Waals surface area contributed by atoms with Gasteiger partial charge in [-0.2, -0.15) is 5.26 Å². The molecule has 9 heteroatoms. The molecular weight excluding hydrogens is 436 g/mol. The number of nitrogens with one attached hydrogen (secondary N) is 1. The fourth-order valence-corrected chi connectivity index (χ4v) is 1.94. The van der Waals surface area contributed by atoms with Crippen molar-refractivity contribution in [1.29, 1.82) is 5.26 Å². The second-order valence-electron chi connectivity index (χ2n) is 6.17. The molecule has 0 aromatic carbocycles. The molecule has 0 rings (SSSR count). The third kappa shape index (κ3) is 21.0. The predicted octanol–water partition coefficient (Wildman–Crippen LogP) is 3.22. The van der Waals surface area contributed by atoms with Crippen molar-refractivity contribution >= 4 is 5.97 Å². The average Bonchev–Trinajstić information content (AvgIpc) is 2.84. The number of nitriles is 1. The first-order chi connectivity index (χ1) is 16.6. The molecule has 0 radical (unpaired) electrons. The van der Waals surface area contributed by atoms with Gasteiger partial charge in [0.15, 0.2) is 6.20 Å². The third-order valence-corrected chi connectivity index (χ3v) is 3.54. The number of ether oxygens (including phenoxy) is 4. The molecule has 0 fully saturated rings. The van der Waals surface area contributed by atoms with Crippen LogP contribution in [0, 0.1) is 17.9 Å². The van der Waals surface area contributed by atoms with Crippen molar-refractivity contribution in [2.24, 2.45) is 0 Å². The summed E-state index contributed by atoms with van der Waals surface area (Å²) in [7, 11) is 1.92. The molecule has 0 saturated heterocycles. The minimum Gasteiger partial charge on any atom is -0.498 e. The van der Waals surface area contributed by atoms with Crippen LogP contribution in [-0.4, -0.2) is 64.0 Å². The van der Waals surface area contributed by atoms with Gasteiger partial charge in [0.1, 0.15) is 32.1 Å². The van der Waals surface area contributed by atoms with Gasteiger partial charge in [0, 0.05) is 19.7 Å². The van der Waals surface area contributed by atoms with Crippen molar-refractivity contribution in [2.45, 2.75) is 0 Å². The lowest BCUT2D eigenvalue weighted by molar-refractivity contribution is -0.143. The summed E-state index contributed by atoms with van der Waals surface area (Å²) in [6.07, 6.45) is 19.1. The Morgan fingerprint density at radius 3 is 2.71 bits per heavy atom. The van der Waals surface area contributed by atoms with E-state index in [0.717, 1.165) is 6.54 Å². The lowest BCUT2D eigenvalue weighted by atomic mass is 10.4. The monoisotopic (exact) mass is 468 g/mol. The van der Waals surface area contributed by atoms with Crippen LogP contribution in [0.4, 0.5) is 0 Å². The highest BCUT2D eigenvalue weighted by molar-refractivity contribution is 5.71. The molecule has 0 aliphatic carbocycles. The van der Waals surface area contributed by atoms with Crippen molar-refractivity contribution in [3.63, 3.8) is 0 Å². The standard InChI is InChI=1S/C25H32N4O5/c1-4-24(33-21-19-32-18-16-29(3)15-9-8-13-27-2)11-10-17-31-20-22-34-25(30)23-28-14-7-5-6-12-26/h4-11,13-15,17,28H,1,16,18-23H2,3H3/b6-5+,13-8+,14-7+,15-9+,17-10+,24-11+. The van der Waals surface area contributed by atoms with Gasteiger partial charge < -0.3 is 29.2 Å². The molecule has 34 heavy (non-hydrogen) atoms. The van der Waals surface area contributed by atoms with E-state index in [2.05, 4.69) is 16.7 Å². The number of esters is 1. The van der Waals surface area contributed by atoms with Gasteiger partial charge in [0.2, 0.25) is 0 Å². The van der Waals surface area contributed by atoms with Crippen LogP contribution < -0.4 is 5.32 Å². The number of hydrogen-bond donors (Lipinski definition) is 1. The number of carbonyl (C=O) groups excluding carboxylic acids is 1. The molecule has 0 bridgehead atoms. The molecular formula is C25H32N4O5. The molecule has 0 aromatic rings. The van der Waals surface area contributed by atoms with Crippen molar-refractivity contribution in [1.82, 2.24) is 10.2 Å². The summed E-state index contributed by atoms with van der Waals surface area (Å²) in [6, 6.07) is 1.85. The molecule has 0 unspecified atom stereocenters. The summed E-state index contributed by atoms with van der Waals surface area (Å²) >= 11 is 0. The van der Waals surface area contributed by atoms with Crippen LogP contribution in [0.2, 0.25) is 0 Å². The summed E-state index contributed by atoms with van der Waals surface area (Å²) in [4.78, 5) is 16.6. The smallest absolute Gasteiger partial charge is 0.325 e. The third-order valence-electron chi connectivity index (χ3n) is 3.54. The van der Waals surface area contributed by atoms with Crippen LogP contribution in [0.5, 0.6) is 0 Å². The van der Waals surface area contributed by atoms with Crippen LogP contribution in [-0.2, 0) is 23.7 Å². The Bertz CT molecular complexity index is 829. The summed E-state index contributed by atoms with van der Waals surface area (Å²) in [5, 5.41) is 11.1. The molecule has 0 amide bonds. The highest BCUT2D eigenvalue weighted by atomic mass is 16.6. The quantitative estimate of drug-likeness (QED) is 0.0771. The maximum atomic E-state index is 11.5. The normalized spacial score (nSPS) is 11.8. The van der Waals surface area contributed by atoms with Gasteiger partial charge in [-0.1, -0.05) is 24.8 Å². The van der Waals surface area contributed by atoms with Crippen molar-refractivity contribution in [3.05, 3.63) is 97.2 Å². The number of carbonyl (C=O) groups is 1. The van der Waals surface area contributed by atoms with E-state index < -0.39 is 5.97 Å². The topological polar surface area (TPSA) is 97.4 Å². The summed E-state index contributed by atoms with van der Waals surface area (Å²) < 4.78 is 21.3. The van der Waals surface area contributed by atoms with Crippen LogP contribution in [0.25, 0.3) is 4.85 Å². The first-order valence-electron chi connectivity index (χ1n) is 10.5. The Kier molecular flexibility index (Phi) is 20.5. The first kappa shape index (κ1) is 29.8. The average molecular weight is 469 g/mol. The van der Waals surface area contributed by atoms with Crippen LogP contribution in [0.15, 0.2) is 85.8 Å².